The maximum atomic E-state index is 12.9. The number of nitrogens with zero attached hydrogens (tertiary/aromatic N) is 5. The average molecular weight is 369 g/mol. The number of amides is 2. The van der Waals surface area contributed by atoms with E-state index in [4.69, 9.17) is 4.74 Å². The smallest absolute Gasteiger partial charge is 0.276 e. The van der Waals surface area contributed by atoms with Gasteiger partial charge in [-0.25, -0.2) is 4.68 Å². The van der Waals surface area contributed by atoms with Gasteiger partial charge in [-0.2, -0.15) is 0 Å². The minimum atomic E-state index is -0.139. The van der Waals surface area contributed by atoms with Crippen molar-refractivity contribution in [1.82, 2.24) is 24.8 Å². The fraction of sp³-hybridized carbons (Fsp3) is 0.474. The predicted octanol–water partition coefficient (Wildman–Crippen LogP) is 1.28. The summed E-state index contributed by atoms with van der Waals surface area (Å²) in [5.41, 5.74) is 1.82. The zero-order chi connectivity index (χ0) is 19.0. The van der Waals surface area contributed by atoms with Crippen molar-refractivity contribution in [3.63, 3.8) is 0 Å². The van der Waals surface area contributed by atoms with Gasteiger partial charge in [0, 0.05) is 38.2 Å². The first-order valence-electron chi connectivity index (χ1n) is 9.23. The average Bonchev–Trinajstić information content (AvgIpc) is 3.49. The summed E-state index contributed by atoms with van der Waals surface area (Å²) >= 11 is 0. The van der Waals surface area contributed by atoms with Crippen LogP contribution in [-0.4, -0.2) is 69.9 Å². The third-order valence-corrected chi connectivity index (χ3v) is 5.20. The quantitative estimate of drug-likeness (QED) is 0.811. The summed E-state index contributed by atoms with van der Waals surface area (Å²) in [4.78, 5) is 28.7. The molecule has 1 aliphatic carbocycles. The van der Waals surface area contributed by atoms with Crippen molar-refractivity contribution in [2.45, 2.75) is 19.8 Å². The Hall–Kier alpha value is -2.90. The monoisotopic (exact) mass is 369 g/mol. The van der Waals surface area contributed by atoms with E-state index in [0.717, 1.165) is 18.5 Å². The lowest BCUT2D eigenvalue weighted by molar-refractivity contribution is -0.134. The van der Waals surface area contributed by atoms with Crippen LogP contribution >= 0.6 is 0 Å². The van der Waals surface area contributed by atoms with E-state index in [1.807, 2.05) is 36.1 Å². The van der Waals surface area contributed by atoms with Gasteiger partial charge in [-0.05, 0) is 31.9 Å². The first-order valence-corrected chi connectivity index (χ1v) is 9.23. The van der Waals surface area contributed by atoms with E-state index in [9.17, 15) is 9.59 Å². The Morgan fingerprint density at radius 1 is 1.11 bits per heavy atom. The first kappa shape index (κ1) is 17.5. The molecule has 1 saturated carbocycles. The summed E-state index contributed by atoms with van der Waals surface area (Å²) in [7, 11) is 1.61. The van der Waals surface area contributed by atoms with E-state index >= 15 is 0 Å². The van der Waals surface area contributed by atoms with Crippen LogP contribution in [0.25, 0.3) is 5.69 Å². The van der Waals surface area contributed by atoms with Crippen molar-refractivity contribution in [3.05, 3.63) is 35.7 Å². The van der Waals surface area contributed by atoms with Gasteiger partial charge in [0.25, 0.3) is 5.91 Å². The Balaban J connectivity index is 1.47. The molecule has 8 heteroatoms. The molecule has 1 aliphatic heterocycles. The molecule has 2 amide bonds. The normalized spacial score (nSPS) is 17.1. The van der Waals surface area contributed by atoms with Gasteiger partial charge in [-0.1, -0.05) is 11.3 Å². The third kappa shape index (κ3) is 3.39. The zero-order valence-electron chi connectivity index (χ0n) is 15.6. The van der Waals surface area contributed by atoms with Crippen molar-refractivity contribution >= 4 is 11.8 Å². The highest BCUT2D eigenvalue weighted by Gasteiger charge is 2.35. The molecule has 1 aromatic heterocycles. The Bertz CT molecular complexity index is 866. The first-order chi connectivity index (χ1) is 13.1. The van der Waals surface area contributed by atoms with Crippen LogP contribution in [0.5, 0.6) is 5.75 Å². The number of piperazine rings is 1. The van der Waals surface area contributed by atoms with Crippen molar-refractivity contribution in [1.29, 1.82) is 0 Å². The molecule has 1 saturated heterocycles. The Morgan fingerprint density at radius 2 is 1.81 bits per heavy atom. The van der Waals surface area contributed by atoms with Gasteiger partial charge < -0.3 is 14.5 Å². The topological polar surface area (TPSA) is 80.6 Å². The van der Waals surface area contributed by atoms with E-state index in [1.165, 1.54) is 0 Å². The molecule has 4 rings (SSSR count). The maximum Gasteiger partial charge on any atom is 0.276 e. The summed E-state index contributed by atoms with van der Waals surface area (Å²) in [6.45, 7) is 4.07. The second-order valence-corrected chi connectivity index (χ2v) is 7.03. The molecule has 0 N–H and O–H groups in total. The zero-order valence-corrected chi connectivity index (χ0v) is 15.6. The summed E-state index contributed by atoms with van der Waals surface area (Å²) in [6, 6.07) is 7.45. The molecule has 2 heterocycles. The molecule has 2 aromatic rings. The van der Waals surface area contributed by atoms with E-state index in [-0.39, 0.29) is 17.7 Å². The fourth-order valence-electron chi connectivity index (χ4n) is 3.38. The van der Waals surface area contributed by atoms with Gasteiger partial charge in [0.1, 0.15) is 5.75 Å². The number of carbonyl (C=O) groups is 2. The Kier molecular flexibility index (Phi) is 4.55. The van der Waals surface area contributed by atoms with Crippen molar-refractivity contribution in [2.24, 2.45) is 5.92 Å². The van der Waals surface area contributed by atoms with Gasteiger partial charge >= 0.3 is 0 Å². The molecular formula is C19H23N5O3. The number of aromatic nitrogens is 3. The highest BCUT2D eigenvalue weighted by molar-refractivity contribution is 5.93. The minimum absolute atomic E-state index is 0.139. The van der Waals surface area contributed by atoms with Gasteiger partial charge in [0.2, 0.25) is 5.91 Å². The molecule has 0 bridgehead atoms. The number of ether oxygens (including phenoxy) is 1. The van der Waals surface area contributed by atoms with Crippen LogP contribution in [0.1, 0.15) is 29.0 Å². The molecule has 0 unspecified atom stereocenters. The molecule has 0 spiro atoms. The summed E-state index contributed by atoms with van der Waals surface area (Å²) < 4.78 is 6.89. The third-order valence-electron chi connectivity index (χ3n) is 5.20. The second kappa shape index (κ2) is 7.02. The van der Waals surface area contributed by atoms with Crippen LogP contribution < -0.4 is 4.74 Å². The number of methoxy groups -OCH3 is 1. The van der Waals surface area contributed by atoms with E-state index < -0.39 is 0 Å². The molecule has 142 valence electrons. The van der Waals surface area contributed by atoms with Crippen LogP contribution in [0.15, 0.2) is 24.3 Å². The van der Waals surface area contributed by atoms with Crippen LogP contribution in [0.4, 0.5) is 0 Å². The lowest BCUT2D eigenvalue weighted by atomic mass is 10.2. The molecular weight excluding hydrogens is 346 g/mol. The highest BCUT2D eigenvalue weighted by atomic mass is 16.5. The standard InChI is InChI=1S/C19H23N5O3/c1-13-17(20-21-24(13)15-4-3-5-16(12-15)27-2)19(26)23-10-8-22(9-11-23)18(25)14-6-7-14/h3-5,12,14H,6-11H2,1-2H3. The number of carbonyl (C=O) groups excluding carboxylic acids is 2. The predicted molar refractivity (Wildman–Crippen MR) is 97.9 cm³/mol. The number of rotatable bonds is 4. The molecule has 2 aliphatic rings. The summed E-state index contributed by atoms with van der Waals surface area (Å²) in [6.07, 6.45) is 2.01. The van der Waals surface area contributed by atoms with Crippen molar-refractivity contribution in [2.75, 3.05) is 33.3 Å². The highest BCUT2D eigenvalue weighted by Crippen LogP contribution is 2.31. The van der Waals surface area contributed by atoms with E-state index in [2.05, 4.69) is 10.3 Å². The molecule has 0 radical (unpaired) electrons. The van der Waals surface area contributed by atoms with E-state index in [0.29, 0.717) is 43.3 Å². The molecule has 27 heavy (non-hydrogen) atoms. The summed E-state index contributed by atoms with van der Waals surface area (Å²) in [5.74, 6) is 1.03. The largest absolute Gasteiger partial charge is 0.497 e. The SMILES string of the molecule is COc1cccc(-n2nnc(C(=O)N3CCN(C(=O)C4CC4)CC3)c2C)c1. The number of hydrogen-bond acceptors (Lipinski definition) is 5. The minimum Gasteiger partial charge on any atom is -0.497 e. The van der Waals surface area contributed by atoms with Crippen LogP contribution in [0, 0.1) is 12.8 Å². The van der Waals surface area contributed by atoms with Gasteiger partial charge in [0.05, 0.1) is 18.5 Å². The molecule has 2 fully saturated rings. The van der Waals surface area contributed by atoms with Crippen LogP contribution in [0.3, 0.4) is 0 Å². The molecule has 0 atom stereocenters. The van der Waals surface area contributed by atoms with Crippen LogP contribution in [0.2, 0.25) is 0 Å². The van der Waals surface area contributed by atoms with Gasteiger partial charge in [-0.15, -0.1) is 5.10 Å². The Morgan fingerprint density at radius 3 is 2.48 bits per heavy atom. The Labute approximate surface area is 157 Å². The lowest BCUT2D eigenvalue weighted by Gasteiger charge is -2.34. The lowest BCUT2D eigenvalue weighted by Crippen LogP contribution is -2.51. The van der Waals surface area contributed by atoms with Gasteiger partial charge in [-0.3, -0.25) is 9.59 Å². The van der Waals surface area contributed by atoms with Gasteiger partial charge in [0.15, 0.2) is 5.69 Å². The number of hydrogen-bond donors (Lipinski definition) is 0. The molecule has 1 aromatic carbocycles. The van der Waals surface area contributed by atoms with Crippen LogP contribution in [-0.2, 0) is 4.79 Å². The second-order valence-electron chi connectivity index (χ2n) is 7.03. The fourth-order valence-corrected chi connectivity index (χ4v) is 3.38. The van der Waals surface area contributed by atoms with Crippen molar-refractivity contribution in [3.8, 4) is 11.4 Å². The molecule has 8 nitrogen and oxygen atoms in total. The van der Waals surface area contributed by atoms with E-state index in [1.54, 1.807) is 16.7 Å². The number of benzene rings is 1. The maximum absolute atomic E-state index is 12.9. The van der Waals surface area contributed by atoms with Crippen molar-refractivity contribution < 1.29 is 14.3 Å². The summed E-state index contributed by atoms with van der Waals surface area (Å²) in [5, 5.41) is 8.27.